The number of halogens is 1. The SMILES string of the molecule is COc1cc(Br)cc(OC)c1OCCC1NC(C(=O)O)CS1. The molecule has 0 bridgehead atoms. The van der Waals surface area contributed by atoms with Crippen LogP contribution in [-0.2, 0) is 4.79 Å². The number of carboxylic acid groups (broad SMARTS) is 1. The lowest BCUT2D eigenvalue weighted by molar-refractivity contribution is -0.138. The number of methoxy groups -OCH3 is 2. The van der Waals surface area contributed by atoms with Crippen LogP contribution in [0.25, 0.3) is 0 Å². The Morgan fingerprint density at radius 3 is 2.55 bits per heavy atom. The van der Waals surface area contributed by atoms with Gasteiger partial charge in [-0.3, -0.25) is 10.1 Å². The number of nitrogens with one attached hydrogen (secondary N) is 1. The molecule has 1 fully saturated rings. The number of rotatable bonds is 7. The summed E-state index contributed by atoms with van der Waals surface area (Å²) >= 11 is 4.98. The van der Waals surface area contributed by atoms with Crippen molar-refractivity contribution in [2.24, 2.45) is 0 Å². The van der Waals surface area contributed by atoms with Crippen LogP contribution in [0, 0.1) is 0 Å². The van der Waals surface area contributed by atoms with E-state index in [9.17, 15) is 4.79 Å². The predicted molar refractivity (Wildman–Crippen MR) is 88.2 cm³/mol. The Kier molecular flexibility index (Phi) is 6.22. The van der Waals surface area contributed by atoms with Crippen molar-refractivity contribution in [3.05, 3.63) is 16.6 Å². The number of benzene rings is 1. The largest absolute Gasteiger partial charge is 0.493 e. The number of thioether (sulfide) groups is 1. The molecular formula is C14H18BrNO5S. The fourth-order valence-electron chi connectivity index (χ4n) is 2.10. The third kappa shape index (κ3) is 4.21. The van der Waals surface area contributed by atoms with E-state index in [-0.39, 0.29) is 5.37 Å². The van der Waals surface area contributed by atoms with Crippen molar-refractivity contribution in [2.45, 2.75) is 17.8 Å². The summed E-state index contributed by atoms with van der Waals surface area (Å²) in [6.45, 7) is 0.436. The summed E-state index contributed by atoms with van der Waals surface area (Å²) in [5.74, 6) is 1.48. The molecule has 1 aliphatic rings. The van der Waals surface area contributed by atoms with Crippen LogP contribution in [0.5, 0.6) is 17.2 Å². The summed E-state index contributed by atoms with van der Waals surface area (Å²) in [5, 5.41) is 12.1. The smallest absolute Gasteiger partial charge is 0.321 e. The van der Waals surface area contributed by atoms with Gasteiger partial charge in [0.2, 0.25) is 5.75 Å². The zero-order chi connectivity index (χ0) is 16.1. The number of hydrogen-bond acceptors (Lipinski definition) is 6. The van der Waals surface area contributed by atoms with Crippen LogP contribution in [-0.4, -0.2) is 49.1 Å². The topological polar surface area (TPSA) is 77.0 Å². The first kappa shape index (κ1) is 17.2. The third-order valence-electron chi connectivity index (χ3n) is 3.20. The number of ether oxygens (including phenoxy) is 3. The van der Waals surface area contributed by atoms with Gasteiger partial charge in [0, 0.05) is 16.6 Å². The predicted octanol–water partition coefficient (Wildman–Crippen LogP) is 2.35. The van der Waals surface area contributed by atoms with Gasteiger partial charge in [-0.2, -0.15) is 0 Å². The van der Waals surface area contributed by atoms with Crippen molar-refractivity contribution in [1.82, 2.24) is 5.32 Å². The van der Waals surface area contributed by atoms with Crippen LogP contribution >= 0.6 is 27.7 Å². The molecule has 22 heavy (non-hydrogen) atoms. The number of hydrogen-bond donors (Lipinski definition) is 2. The summed E-state index contributed by atoms with van der Waals surface area (Å²) in [7, 11) is 3.14. The van der Waals surface area contributed by atoms with E-state index in [4.69, 9.17) is 19.3 Å². The fourth-order valence-corrected chi connectivity index (χ4v) is 3.70. The fraction of sp³-hybridized carbons (Fsp3) is 0.500. The lowest BCUT2D eigenvalue weighted by Gasteiger charge is -2.16. The highest BCUT2D eigenvalue weighted by molar-refractivity contribution is 9.10. The highest BCUT2D eigenvalue weighted by Gasteiger charge is 2.29. The van der Waals surface area contributed by atoms with E-state index >= 15 is 0 Å². The maximum absolute atomic E-state index is 10.9. The summed E-state index contributed by atoms with van der Waals surface area (Å²) in [5.41, 5.74) is 0. The van der Waals surface area contributed by atoms with Gasteiger partial charge in [-0.05, 0) is 12.1 Å². The van der Waals surface area contributed by atoms with Gasteiger partial charge in [0.25, 0.3) is 0 Å². The Morgan fingerprint density at radius 2 is 2.05 bits per heavy atom. The maximum atomic E-state index is 10.9. The second-order valence-corrected chi connectivity index (χ2v) is 6.81. The Hall–Kier alpha value is -1.12. The molecule has 1 aromatic carbocycles. The first-order valence-electron chi connectivity index (χ1n) is 6.70. The van der Waals surface area contributed by atoms with Gasteiger partial charge in [-0.1, -0.05) is 15.9 Å². The lowest BCUT2D eigenvalue weighted by Crippen LogP contribution is -2.37. The van der Waals surface area contributed by atoms with E-state index in [2.05, 4.69) is 21.2 Å². The molecule has 0 aliphatic carbocycles. The molecule has 2 atom stereocenters. The zero-order valence-corrected chi connectivity index (χ0v) is 14.7. The van der Waals surface area contributed by atoms with Gasteiger partial charge in [0.05, 0.1) is 26.2 Å². The minimum Gasteiger partial charge on any atom is -0.493 e. The van der Waals surface area contributed by atoms with Crippen LogP contribution in [0.15, 0.2) is 16.6 Å². The molecule has 0 spiro atoms. The van der Waals surface area contributed by atoms with Gasteiger partial charge in [-0.15, -0.1) is 11.8 Å². The van der Waals surface area contributed by atoms with E-state index in [1.807, 2.05) is 0 Å². The van der Waals surface area contributed by atoms with Crippen molar-refractivity contribution in [3.8, 4) is 17.2 Å². The van der Waals surface area contributed by atoms with Crippen molar-refractivity contribution in [2.75, 3.05) is 26.6 Å². The molecule has 1 aliphatic heterocycles. The first-order valence-corrected chi connectivity index (χ1v) is 8.54. The summed E-state index contributed by atoms with van der Waals surface area (Å²) in [6.07, 6.45) is 0.691. The number of carboxylic acids is 1. The third-order valence-corrected chi connectivity index (χ3v) is 4.96. The molecule has 0 radical (unpaired) electrons. The molecule has 0 aromatic heterocycles. The molecule has 2 rings (SSSR count). The quantitative estimate of drug-likeness (QED) is 0.738. The lowest BCUT2D eigenvalue weighted by atomic mass is 10.3. The van der Waals surface area contributed by atoms with E-state index in [1.165, 1.54) is 0 Å². The molecule has 0 amide bonds. The Morgan fingerprint density at radius 1 is 1.41 bits per heavy atom. The minimum absolute atomic E-state index is 0.0774. The molecule has 8 heteroatoms. The molecule has 2 unspecified atom stereocenters. The molecule has 122 valence electrons. The van der Waals surface area contributed by atoms with Crippen molar-refractivity contribution < 1.29 is 24.1 Å². The maximum Gasteiger partial charge on any atom is 0.321 e. The van der Waals surface area contributed by atoms with Gasteiger partial charge in [-0.25, -0.2) is 0 Å². The van der Waals surface area contributed by atoms with E-state index < -0.39 is 12.0 Å². The highest BCUT2D eigenvalue weighted by Crippen LogP contribution is 2.40. The number of aliphatic carboxylic acids is 1. The molecule has 1 saturated heterocycles. The monoisotopic (exact) mass is 391 g/mol. The molecule has 1 aromatic rings. The zero-order valence-electron chi connectivity index (χ0n) is 12.3. The Bertz CT molecular complexity index is 517. The molecule has 2 N–H and O–H groups in total. The van der Waals surface area contributed by atoms with Gasteiger partial charge in [0.15, 0.2) is 11.5 Å². The van der Waals surface area contributed by atoms with Gasteiger partial charge >= 0.3 is 5.97 Å². The average Bonchev–Trinajstić information content (AvgIpc) is 2.97. The second kappa shape index (κ2) is 7.94. The van der Waals surface area contributed by atoms with Gasteiger partial charge < -0.3 is 19.3 Å². The van der Waals surface area contributed by atoms with E-state index in [0.717, 1.165) is 4.47 Å². The van der Waals surface area contributed by atoms with Gasteiger partial charge in [0.1, 0.15) is 6.04 Å². The van der Waals surface area contributed by atoms with Crippen molar-refractivity contribution in [3.63, 3.8) is 0 Å². The molecular weight excluding hydrogens is 374 g/mol. The summed E-state index contributed by atoms with van der Waals surface area (Å²) in [6, 6.07) is 3.13. The van der Waals surface area contributed by atoms with Crippen molar-refractivity contribution in [1.29, 1.82) is 0 Å². The van der Waals surface area contributed by atoms with E-state index in [1.54, 1.807) is 38.1 Å². The van der Waals surface area contributed by atoms with Crippen LogP contribution in [0.4, 0.5) is 0 Å². The van der Waals surface area contributed by atoms with Crippen LogP contribution in [0.1, 0.15) is 6.42 Å². The summed E-state index contributed by atoms with van der Waals surface area (Å²) in [4.78, 5) is 10.9. The van der Waals surface area contributed by atoms with Crippen LogP contribution in [0.3, 0.4) is 0 Å². The van der Waals surface area contributed by atoms with Crippen LogP contribution in [0.2, 0.25) is 0 Å². The summed E-state index contributed by atoms with van der Waals surface area (Å²) < 4.78 is 17.2. The Balaban J connectivity index is 1.93. The molecule has 1 heterocycles. The molecule has 0 saturated carbocycles. The van der Waals surface area contributed by atoms with E-state index in [0.29, 0.717) is 36.0 Å². The standard InChI is InChI=1S/C14H18BrNO5S/c1-19-10-5-8(15)6-11(20-2)13(10)21-4-3-12-16-9(7-22-12)14(17)18/h5-6,9,12,16H,3-4,7H2,1-2H3,(H,17,18). The number of carbonyl (C=O) groups is 1. The minimum atomic E-state index is -0.813. The average molecular weight is 392 g/mol. The first-order chi connectivity index (χ1) is 10.5. The second-order valence-electron chi connectivity index (χ2n) is 4.66. The Labute approximate surface area is 141 Å². The molecule has 6 nitrogen and oxygen atoms in total. The van der Waals surface area contributed by atoms with Crippen molar-refractivity contribution >= 4 is 33.7 Å². The highest BCUT2D eigenvalue weighted by atomic mass is 79.9. The van der Waals surface area contributed by atoms with Crippen LogP contribution < -0.4 is 19.5 Å². The normalized spacial score (nSPS) is 20.7.